The van der Waals surface area contributed by atoms with Gasteiger partial charge in [0.2, 0.25) is 0 Å². The van der Waals surface area contributed by atoms with Gasteiger partial charge in [-0.25, -0.2) is 4.98 Å². The number of aromatic nitrogens is 1. The molecule has 0 spiro atoms. The minimum Gasteiger partial charge on any atom is -0.311 e. The van der Waals surface area contributed by atoms with Gasteiger partial charge in [0.1, 0.15) is 0 Å². The molecule has 0 aromatic carbocycles. The van der Waals surface area contributed by atoms with Crippen molar-refractivity contribution in [3.8, 4) is 0 Å². The number of nitrogens with one attached hydrogen (secondary N) is 1. The summed E-state index contributed by atoms with van der Waals surface area (Å²) in [6.45, 7) is 12.4. The van der Waals surface area contributed by atoms with E-state index < -0.39 is 0 Å². The van der Waals surface area contributed by atoms with Gasteiger partial charge in [0.15, 0.2) is 0 Å². The summed E-state index contributed by atoms with van der Waals surface area (Å²) in [4.78, 5) is 8.43. The molecule has 0 amide bonds. The van der Waals surface area contributed by atoms with Gasteiger partial charge in [-0.15, -0.1) is 11.3 Å². The zero-order chi connectivity index (χ0) is 13.1. The number of piperazine rings is 1. The molecule has 2 heterocycles. The van der Waals surface area contributed by atoms with Crippen molar-refractivity contribution in [3.05, 3.63) is 16.1 Å². The number of hydrogen-bond donors (Lipinski definition) is 1. The van der Waals surface area contributed by atoms with Gasteiger partial charge in [0, 0.05) is 36.6 Å². The molecule has 18 heavy (non-hydrogen) atoms. The summed E-state index contributed by atoms with van der Waals surface area (Å²) in [7, 11) is 0. The van der Waals surface area contributed by atoms with Crippen LogP contribution in [0.15, 0.2) is 5.51 Å². The SMILES string of the molecule is CCC1CNC(C(C)C)CN1Cc1scnc1C. The van der Waals surface area contributed by atoms with E-state index in [0.29, 0.717) is 18.0 Å². The predicted octanol–water partition coefficient (Wildman–Crippen LogP) is 2.66. The van der Waals surface area contributed by atoms with Crippen molar-refractivity contribution >= 4 is 11.3 Å². The van der Waals surface area contributed by atoms with Crippen LogP contribution in [0.3, 0.4) is 0 Å². The summed E-state index contributed by atoms with van der Waals surface area (Å²) in [5.74, 6) is 0.702. The van der Waals surface area contributed by atoms with E-state index >= 15 is 0 Å². The van der Waals surface area contributed by atoms with Gasteiger partial charge < -0.3 is 5.32 Å². The molecule has 1 fully saturated rings. The first-order valence-electron chi connectivity index (χ1n) is 6.98. The quantitative estimate of drug-likeness (QED) is 0.909. The van der Waals surface area contributed by atoms with Crippen LogP contribution in [0.1, 0.15) is 37.8 Å². The summed E-state index contributed by atoms with van der Waals surface area (Å²) in [6.07, 6.45) is 1.22. The Hall–Kier alpha value is -0.450. The second-order valence-electron chi connectivity index (χ2n) is 5.61. The van der Waals surface area contributed by atoms with Crippen molar-refractivity contribution in [1.29, 1.82) is 0 Å². The second kappa shape index (κ2) is 6.13. The summed E-state index contributed by atoms with van der Waals surface area (Å²) < 4.78 is 0. The van der Waals surface area contributed by atoms with Gasteiger partial charge in [-0.2, -0.15) is 0 Å². The molecule has 4 heteroatoms. The Labute approximate surface area is 115 Å². The van der Waals surface area contributed by atoms with Crippen molar-refractivity contribution in [2.45, 2.75) is 52.7 Å². The topological polar surface area (TPSA) is 28.2 Å². The van der Waals surface area contributed by atoms with E-state index in [1.165, 1.54) is 17.0 Å². The monoisotopic (exact) mass is 267 g/mol. The lowest BCUT2D eigenvalue weighted by molar-refractivity contribution is 0.104. The van der Waals surface area contributed by atoms with E-state index in [4.69, 9.17) is 0 Å². The summed E-state index contributed by atoms with van der Waals surface area (Å²) in [5.41, 5.74) is 3.17. The van der Waals surface area contributed by atoms with Crippen LogP contribution < -0.4 is 5.32 Å². The fraction of sp³-hybridized carbons (Fsp3) is 0.786. The molecule has 3 nitrogen and oxygen atoms in total. The third-order valence-corrected chi connectivity index (χ3v) is 4.95. The molecule has 2 atom stereocenters. The van der Waals surface area contributed by atoms with Gasteiger partial charge >= 0.3 is 0 Å². The second-order valence-corrected chi connectivity index (χ2v) is 6.55. The lowest BCUT2D eigenvalue weighted by Gasteiger charge is -2.41. The predicted molar refractivity (Wildman–Crippen MR) is 78.0 cm³/mol. The van der Waals surface area contributed by atoms with Gasteiger partial charge in [-0.3, -0.25) is 4.90 Å². The first-order chi connectivity index (χ1) is 8.61. The number of nitrogens with zero attached hydrogens (tertiary/aromatic N) is 2. The lowest BCUT2D eigenvalue weighted by atomic mass is 9.98. The maximum Gasteiger partial charge on any atom is 0.0798 e. The van der Waals surface area contributed by atoms with Crippen LogP contribution in [0.25, 0.3) is 0 Å². The highest BCUT2D eigenvalue weighted by Crippen LogP contribution is 2.21. The molecule has 1 aliphatic heterocycles. The number of hydrogen-bond acceptors (Lipinski definition) is 4. The highest BCUT2D eigenvalue weighted by atomic mass is 32.1. The van der Waals surface area contributed by atoms with E-state index in [9.17, 15) is 0 Å². The van der Waals surface area contributed by atoms with Crippen molar-refractivity contribution in [2.24, 2.45) is 5.92 Å². The van der Waals surface area contributed by atoms with Crippen LogP contribution in [0.2, 0.25) is 0 Å². The molecule has 102 valence electrons. The Bertz CT molecular complexity index is 375. The summed E-state index contributed by atoms with van der Waals surface area (Å²) >= 11 is 1.79. The summed E-state index contributed by atoms with van der Waals surface area (Å²) in [6, 6.07) is 1.29. The normalized spacial score (nSPS) is 25.8. The molecule has 0 radical (unpaired) electrons. The van der Waals surface area contributed by atoms with E-state index in [1.54, 1.807) is 11.3 Å². The Morgan fingerprint density at radius 1 is 1.56 bits per heavy atom. The average molecular weight is 267 g/mol. The zero-order valence-electron chi connectivity index (χ0n) is 11.9. The molecule has 1 saturated heterocycles. The molecule has 1 aliphatic rings. The highest BCUT2D eigenvalue weighted by Gasteiger charge is 2.28. The number of rotatable bonds is 4. The summed E-state index contributed by atoms with van der Waals surface area (Å²) in [5, 5.41) is 3.69. The standard InChI is InChI=1S/C14H25N3S/c1-5-12-6-15-13(10(2)3)7-17(12)8-14-11(4)16-9-18-14/h9-10,12-13,15H,5-8H2,1-4H3. The average Bonchev–Trinajstić information content (AvgIpc) is 2.75. The molecule has 1 aromatic rings. The molecule has 2 rings (SSSR count). The first-order valence-corrected chi connectivity index (χ1v) is 7.86. The van der Waals surface area contributed by atoms with Gasteiger partial charge in [0.05, 0.1) is 11.2 Å². The van der Waals surface area contributed by atoms with Crippen LogP contribution in [0.5, 0.6) is 0 Å². The number of aryl methyl sites for hydroxylation is 1. The fourth-order valence-corrected chi connectivity index (χ4v) is 3.39. The van der Waals surface area contributed by atoms with Crippen LogP contribution in [-0.4, -0.2) is 35.1 Å². The molecular formula is C14H25N3S. The largest absolute Gasteiger partial charge is 0.311 e. The Balaban J connectivity index is 2.04. The fourth-order valence-electron chi connectivity index (χ4n) is 2.59. The molecule has 1 N–H and O–H groups in total. The maximum atomic E-state index is 4.36. The van der Waals surface area contributed by atoms with Crippen LogP contribution in [0.4, 0.5) is 0 Å². The highest BCUT2D eigenvalue weighted by molar-refractivity contribution is 7.09. The Kier molecular flexibility index (Phi) is 4.76. The molecular weight excluding hydrogens is 242 g/mol. The van der Waals surface area contributed by atoms with Crippen LogP contribution in [0, 0.1) is 12.8 Å². The molecule has 0 bridgehead atoms. The minimum atomic E-state index is 0.626. The molecule has 2 unspecified atom stereocenters. The minimum absolute atomic E-state index is 0.626. The smallest absolute Gasteiger partial charge is 0.0798 e. The van der Waals surface area contributed by atoms with E-state index in [-0.39, 0.29) is 0 Å². The van der Waals surface area contributed by atoms with E-state index in [1.807, 2.05) is 5.51 Å². The third-order valence-electron chi connectivity index (χ3n) is 4.03. The van der Waals surface area contributed by atoms with Crippen molar-refractivity contribution in [1.82, 2.24) is 15.2 Å². The Morgan fingerprint density at radius 3 is 2.89 bits per heavy atom. The number of thiazole rings is 1. The molecule has 0 saturated carbocycles. The maximum absolute atomic E-state index is 4.36. The third kappa shape index (κ3) is 3.11. The molecule has 1 aromatic heterocycles. The Morgan fingerprint density at radius 2 is 2.33 bits per heavy atom. The van der Waals surface area contributed by atoms with Crippen molar-refractivity contribution in [3.63, 3.8) is 0 Å². The van der Waals surface area contributed by atoms with E-state index in [2.05, 4.69) is 42.9 Å². The van der Waals surface area contributed by atoms with Gasteiger partial charge in [0.25, 0.3) is 0 Å². The van der Waals surface area contributed by atoms with Gasteiger partial charge in [-0.1, -0.05) is 20.8 Å². The van der Waals surface area contributed by atoms with Crippen molar-refractivity contribution < 1.29 is 0 Å². The van der Waals surface area contributed by atoms with E-state index in [0.717, 1.165) is 19.6 Å². The van der Waals surface area contributed by atoms with Crippen molar-refractivity contribution in [2.75, 3.05) is 13.1 Å². The van der Waals surface area contributed by atoms with Crippen LogP contribution >= 0.6 is 11.3 Å². The first kappa shape index (κ1) is 14.0. The molecule has 0 aliphatic carbocycles. The zero-order valence-corrected chi connectivity index (χ0v) is 12.8. The van der Waals surface area contributed by atoms with Gasteiger partial charge in [-0.05, 0) is 19.3 Å². The lowest BCUT2D eigenvalue weighted by Crippen LogP contribution is -2.57. The van der Waals surface area contributed by atoms with Crippen LogP contribution in [-0.2, 0) is 6.54 Å².